The summed E-state index contributed by atoms with van der Waals surface area (Å²) >= 11 is 0. The summed E-state index contributed by atoms with van der Waals surface area (Å²) in [6.07, 6.45) is -2.52. The van der Waals surface area contributed by atoms with Crippen LogP contribution in [0.3, 0.4) is 0 Å². The molecule has 15 nitrogen and oxygen atoms in total. The van der Waals surface area contributed by atoms with E-state index in [1.165, 1.54) is 4.90 Å². The molecule has 0 bridgehead atoms. The number of hydrogen-bond acceptors (Lipinski definition) is 9. The van der Waals surface area contributed by atoms with Gasteiger partial charge in [-0.2, -0.15) is 0 Å². The molecule has 0 saturated carbocycles. The third-order valence-electron chi connectivity index (χ3n) is 5.57. The number of nitrogens with one attached hydrogen (secondary N) is 2. The van der Waals surface area contributed by atoms with Crippen LogP contribution in [-0.2, 0) is 23.7 Å². The van der Waals surface area contributed by atoms with Gasteiger partial charge < -0.3 is 40.2 Å². The first-order valence-electron chi connectivity index (χ1n) is 15.1. The zero-order valence-electron chi connectivity index (χ0n) is 29.0. The van der Waals surface area contributed by atoms with E-state index in [0.29, 0.717) is 13.0 Å². The van der Waals surface area contributed by atoms with Crippen molar-refractivity contribution >= 4 is 36.2 Å². The lowest BCUT2D eigenvalue weighted by Crippen LogP contribution is -2.50. The number of ether oxygens (including phenoxy) is 4. The third-order valence-corrected chi connectivity index (χ3v) is 5.57. The molecule has 2 atom stereocenters. The molecule has 45 heavy (non-hydrogen) atoms. The van der Waals surface area contributed by atoms with E-state index >= 15 is 0 Å². The highest BCUT2D eigenvalue weighted by Crippen LogP contribution is 2.17. The van der Waals surface area contributed by atoms with E-state index in [1.807, 2.05) is 0 Å². The molecule has 0 spiro atoms. The zero-order chi connectivity index (χ0) is 35.0. The summed E-state index contributed by atoms with van der Waals surface area (Å²) < 4.78 is 21.3. The van der Waals surface area contributed by atoms with Crippen molar-refractivity contribution in [3.05, 3.63) is 0 Å². The summed E-state index contributed by atoms with van der Waals surface area (Å²) in [5, 5.41) is 5.40. The minimum atomic E-state index is -1.04. The molecule has 4 N–H and O–H groups in total. The number of likely N-dealkylation sites (tertiary alicyclic amines) is 1. The van der Waals surface area contributed by atoms with Crippen molar-refractivity contribution in [2.75, 3.05) is 19.6 Å². The van der Waals surface area contributed by atoms with Gasteiger partial charge in [-0.05, 0) is 102 Å². The lowest BCUT2D eigenvalue weighted by molar-refractivity contribution is -0.132. The molecule has 2 unspecified atom stereocenters. The molecular formula is C30H54N6O9. The Morgan fingerprint density at radius 3 is 1.84 bits per heavy atom. The van der Waals surface area contributed by atoms with Crippen LogP contribution in [0, 0.1) is 0 Å². The number of nitrogens with two attached hydrogens (primary N) is 1. The van der Waals surface area contributed by atoms with E-state index in [9.17, 15) is 24.0 Å². The Bertz CT molecular complexity index is 1100. The highest BCUT2D eigenvalue weighted by Gasteiger charge is 2.34. The molecule has 0 aliphatic carbocycles. The van der Waals surface area contributed by atoms with Crippen molar-refractivity contribution in [2.24, 2.45) is 10.7 Å². The van der Waals surface area contributed by atoms with Crippen molar-refractivity contribution in [1.29, 1.82) is 0 Å². The van der Waals surface area contributed by atoms with Gasteiger partial charge in [0.15, 0.2) is 0 Å². The first-order valence-corrected chi connectivity index (χ1v) is 15.1. The number of carbonyl (C=O) groups excluding carboxylic acids is 5. The number of alkyl carbamates (subject to hydrolysis) is 2. The average molecular weight is 643 g/mol. The monoisotopic (exact) mass is 642 g/mol. The summed E-state index contributed by atoms with van der Waals surface area (Å²) in [5.74, 6) is -0.842. The van der Waals surface area contributed by atoms with E-state index in [4.69, 9.17) is 24.7 Å². The van der Waals surface area contributed by atoms with E-state index in [-0.39, 0.29) is 32.0 Å². The zero-order valence-corrected chi connectivity index (χ0v) is 29.0. The predicted octanol–water partition coefficient (Wildman–Crippen LogP) is 4.27. The molecule has 1 saturated heterocycles. The topological polar surface area (TPSA) is 191 Å². The lowest BCUT2D eigenvalue weighted by Gasteiger charge is -2.28. The van der Waals surface area contributed by atoms with Crippen LogP contribution in [0.1, 0.15) is 102 Å². The van der Waals surface area contributed by atoms with Gasteiger partial charge >= 0.3 is 24.4 Å². The summed E-state index contributed by atoms with van der Waals surface area (Å²) in [4.78, 5) is 70.0. The molecule has 1 aliphatic heterocycles. The van der Waals surface area contributed by atoms with Crippen LogP contribution in [0.15, 0.2) is 4.99 Å². The van der Waals surface area contributed by atoms with Crippen LogP contribution in [-0.4, -0.2) is 100 Å². The molecule has 5 amide bonds. The minimum absolute atomic E-state index is 0.0672. The van der Waals surface area contributed by atoms with Gasteiger partial charge in [0.25, 0.3) is 0 Å². The van der Waals surface area contributed by atoms with Gasteiger partial charge in [-0.15, -0.1) is 4.99 Å². The smallest absolute Gasteiger partial charge is 0.437 e. The molecule has 0 aromatic rings. The van der Waals surface area contributed by atoms with E-state index in [0.717, 1.165) is 4.90 Å². The molecule has 0 aromatic heterocycles. The van der Waals surface area contributed by atoms with Gasteiger partial charge in [-0.3, -0.25) is 4.79 Å². The van der Waals surface area contributed by atoms with Crippen molar-refractivity contribution in [2.45, 2.75) is 137 Å². The molecule has 0 aromatic carbocycles. The predicted molar refractivity (Wildman–Crippen MR) is 168 cm³/mol. The quantitative estimate of drug-likeness (QED) is 0.205. The maximum atomic E-state index is 13.6. The van der Waals surface area contributed by atoms with Gasteiger partial charge in [0.2, 0.25) is 11.9 Å². The summed E-state index contributed by atoms with van der Waals surface area (Å²) in [7, 11) is 0. The molecule has 258 valence electrons. The summed E-state index contributed by atoms with van der Waals surface area (Å²) in [5.41, 5.74) is 2.84. The second-order valence-corrected chi connectivity index (χ2v) is 14.8. The van der Waals surface area contributed by atoms with Crippen molar-refractivity contribution < 1.29 is 42.9 Å². The van der Waals surface area contributed by atoms with Gasteiger partial charge in [0.1, 0.15) is 28.4 Å². The largest absolute Gasteiger partial charge is 0.444 e. The van der Waals surface area contributed by atoms with E-state index in [2.05, 4.69) is 15.6 Å². The highest BCUT2D eigenvalue weighted by molar-refractivity contribution is 5.98. The van der Waals surface area contributed by atoms with Crippen LogP contribution in [0.4, 0.5) is 19.2 Å². The first kappa shape index (κ1) is 39.2. The second-order valence-electron chi connectivity index (χ2n) is 14.8. The van der Waals surface area contributed by atoms with Crippen molar-refractivity contribution in [3.8, 4) is 0 Å². The Morgan fingerprint density at radius 2 is 1.33 bits per heavy atom. The number of amides is 5. The number of carbonyl (C=O) groups is 5. The molecule has 1 fully saturated rings. The number of rotatable bonds is 7. The second kappa shape index (κ2) is 15.5. The van der Waals surface area contributed by atoms with Crippen LogP contribution in [0.5, 0.6) is 0 Å². The van der Waals surface area contributed by atoms with Crippen molar-refractivity contribution in [3.63, 3.8) is 0 Å². The van der Waals surface area contributed by atoms with Crippen LogP contribution >= 0.6 is 0 Å². The van der Waals surface area contributed by atoms with Gasteiger partial charge in [0.05, 0.1) is 6.04 Å². The summed E-state index contributed by atoms with van der Waals surface area (Å²) in [6, 6.07) is -1.37. The lowest BCUT2D eigenvalue weighted by atomic mass is 10.1. The number of nitrogens with zero attached hydrogens (tertiary/aromatic N) is 3. The van der Waals surface area contributed by atoms with Gasteiger partial charge in [-0.1, -0.05) is 0 Å². The summed E-state index contributed by atoms with van der Waals surface area (Å²) in [6.45, 7) is 20.8. The molecule has 15 heteroatoms. The number of aliphatic imine (C=N–C) groups is 1. The fourth-order valence-electron chi connectivity index (χ4n) is 3.99. The minimum Gasteiger partial charge on any atom is -0.444 e. The number of guanidine groups is 1. The number of hydrogen-bond donors (Lipinski definition) is 3. The maximum Gasteiger partial charge on any atom is 0.437 e. The maximum absolute atomic E-state index is 13.6. The molecule has 0 radical (unpaired) electrons. The van der Waals surface area contributed by atoms with Crippen molar-refractivity contribution in [1.82, 2.24) is 20.4 Å². The fraction of sp³-hybridized carbons (Fsp3) is 0.800. The Morgan fingerprint density at radius 1 is 0.822 bits per heavy atom. The normalized spacial score (nSPS) is 16.8. The molecule has 1 aliphatic rings. The molecular weight excluding hydrogens is 588 g/mol. The Hall–Kier alpha value is -3.78. The average Bonchev–Trinajstić information content (AvgIpc) is 3.23. The first-order chi connectivity index (χ1) is 20.2. The fourth-order valence-corrected chi connectivity index (χ4v) is 3.99. The Balaban J connectivity index is 3.11. The molecule has 1 rings (SSSR count). The van der Waals surface area contributed by atoms with E-state index < -0.39 is 64.7 Å². The molecule has 1 heterocycles. The standard InChI is InChI=1S/C30H54N6O9/c1-27(2,3)42-23(38)32-19-15-17-35(18-19)21(37)20(33-24(39)43-28(4,5)6)14-13-16-36(26(41)45-30(10,11)12)22(31)34-25(40)44-29(7,8)9/h19-20H,13-18H2,1-12H3,(H,32,38)(H,33,39)(H2,31,34,40). The van der Waals surface area contributed by atoms with Crippen LogP contribution in [0.25, 0.3) is 0 Å². The highest BCUT2D eigenvalue weighted by atomic mass is 16.6. The van der Waals surface area contributed by atoms with Crippen LogP contribution in [0.2, 0.25) is 0 Å². The van der Waals surface area contributed by atoms with Gasteiger partial charge in [0, 0.05) is 19.6 Å². The van der Waals surface area contributed by atoms with Crippen LogP contribution < -0.4 is 16.4 Å². The SMILES string of the molecule is CC(C)(C)OC(=O)/N=C(\N)N(CCCC(NC(=O)OC(C)(C)C)C(=O)N1CCC(NC(=O)OC(C)(C)C)C1)C(=O)OC(C)(C)C. The third kappa shape index (κ3) is 16.8. The Kier molecular flexibility index (Phi) is 13.5. The van der Waals surface area contributed by atoms with E-state index in [1.54, 1.807) is 83.1 Å². The Labute approximate surface area is 266 Å². The van der Waals surface area contributed by atoms with Gasteiger partial charge in [-0.25, -0.2) is 24.1 Å².